The van der Waals surface area contributed by atoms with Crippen LogP contribution in [0.3, 0.4) is 0 Å². The van der Waals surface area contributed by atoms with Crippen molar-refractivity contribution in [2.75, 3.05) is 13.1 Å². The molecule has 25 heavy (non-hydrogen) atoms. The highest BCUT2D eigenvalue weighted by Gasteiger charge is 2.20. The van der Waals surface area contributed by atoms with Crippen LogP contribution in [-0.4, -0.2) is 18.9 Å². The molecule has 0 saturated carbocycles. The zero-order valence-electron chi connectivity index (χ0n) is 13.0. The second-order valence-corrected chi connectivity index (χ2v) is 5.62. The average Bonchev–Trinajstić information content (AvgIpc) is 2.58. The van der Waals surface area contributed by atoms with E-state index in [4.69, 9.17) is 0 Å². The van der Waals surface area contributed by atoms with Gasteiger partial charge in [0.05, 0.1) is 0 Å². The minimum atomic E-state index is -0.997. The van der Waals surface area contributed by atoms with Crippen LogP contribution in [-0.2, 0) is 4.79 Å². The third-order valence-corrected chi connectivity index (χ3v) is 3.78. The highest BCUT2D eigenvalue weighted by Crippen LogP contribution is 2.19. The van der Waals surface area contributed by atoms with E-state index in [1.165, 1.54) is 24.3 Å². The predicted octanol–water partition coefficient (Wildman–Crippen LogP) is 3.88. The van der Waals surface area contributed by atoms with E-state index >= 15 is 0 Å². The molecule has 128 valence electrons. The van der Waals surface area contributed by atoms with Crippen LogP contribution in [0.1, 0.15) is 11.1 Å². The summed E-state index contributed by atoms with van der Waals surface area (Å²) in [4.78, 5) is 12.5. The summed E-state index contributed by atoms with van der Waals surface area (Å²) >= 11 is 0. The third-order valence-electron chi connectivity index (χ3n) is 3.78. The molecule has 0 aromatic heterocycles. The van der Waals surface area contributed by atoms with Crippen molar-refractivity contribution in [3.63, 3.8) is 0 Å². The number of nitrogens with one attached hydrogen (secondary N) is 1. The van der Waals surface area contributed by atoms with Crippen molar-refractivity contribution >= 4 is 17.9 Å². The van der Waals surface area contributed by atoms with E-state index in [9.17, 15) is 22.4 Å². The first kappa shape index (κ1) is 17.1. The summed E-state index contributed by atoms with van der Waals surface area (Å²) < 4.78 is 52.5. The molecule has 1 fully saturated rings. The molecule has 1 aliphatic rings. The molecule has 1 N–H and O–H groups in total. The van der Waals surface area contributed by atoms with Gasteiger partial charge in [0.1, 0.15) is 0 Å². The number of Topliss-reactive ketones (excluding diaryl/α,β-unsaturated/α-hetero) is 1. The Balaban J connectivity index is 1.89. The first-order valence-corrected chi connectivity index (χ1v) is 7.51. The second-order valence-electron chi connectivity index (χ2n) is 5.62. The Morgan fingerprint density at radius 1 is 0.720 bits per heavy atom. The van der Waals surface area contributed by atoms with Gasteiger partial charge in [0, 0.05) is 24.2 Å². The number of ketones is 1. The minimum Gasteiger partial charge on any atom is -0.308 e. The van der Waals surface area contributed by atoms with Crippen molar-refractivity contribution < 1.29 is 22.4 Å². The molecule has 6 heteroatoms. The lowest BCUT2D eigenvalue weighted by atomic mass is 9.95. The highest BCUT2D eigenvalue weighted by molar-refractivity contribution is 6.14. The zero-order chi connectivity index (χ0) is 18.0. The van der Waals surface area contributed by atoms with Crippen LogP contribution in [0, 0.1) is 23.3 Å². The smallest absolute Gasteiger partial charge is 0.187 e. The van der Waals surface area contributed by atoms with Gasteiger partial charge in [0.25, 0.3) is 0 Å². The lowest BCUT2D eigenvalue weighted by Gasteiger charge is -2.18. The second kappa shape index (κ2) is 7.03. The van der Waals surface area contributed by atoms with Gasteiger partial charge in [-0.2, -0.15) is 0 Å². The molecule has 0 bridgehead atoms. The molecule has 2 nitrogen and oxygen atoms in total. The summed E-state index contributed by atoms with van der Waals surface area (Å²) in [6.45, 7) is 0.542. The summed E-state index contributed by atoms with van der Waals surface area (Å²) in [5, 5.41) is 3.01. The number of carbonyl (C=O) groups excluding carboxylic acids is 1. The first-order chi connectivity index (χ1) is 11.9. The van der Waals surface area contributed by atoms with Crippen LogP contribution in [0.15, 0.2) is 47.5 Å². The number of halogens is 4. The van der Waals surface area contributed by atoms with Gasteiger partial charge in [-0.05, 0) is 47.5 Å². The van der Waals surface area contributed by atoms with E-state index in [1.807, 2.05) is 0 Å². The highest BCUT2D eigenvalue weighted by atomic mass is 19.2. The standard InChI is InChI=1S/C19H13F4NO/c20-15-3-1-11(7-17(15)22)5-13-9-24-10-14(19(13)25)6-12-2-4-16(21)18(23)8-12/h1-8,24H,9-10H2/b13-5+,14-6+. The molecular formula is C19H13F4NO. The lowest BCUT2D eigenvalue weighted by molar-refractivity contribution is -0.112. The van der Waals surface area contributed by atoms with Gasteiger partial charge >= 0.3 is 0 Å². The fraction of sp³-hybridized carbons (Fsp3) is 0.105. The molecule has 0 amide bonds. The number of benzene rings is 2. The maximum absolute atomic E-state index is 13.3. The molecule has 3 rings (SSSR count). The Morgan fingerprint density at radius 3 is 1.56 bits per heavy atom. The SMILES string of the molecule is O=C1/C(=C/c2ccc(F)c(F)c2)CNC/C1=C\c1ccc(F)c(F)c1. The van der Waals surface area contributed by atoms with E-state index in [2.05, 4.69) is 5.32 Å². The fourth-order valence-corrected chi connectivity index (χ4v) is 2.54. The molecule has 0 atom stereocenters. The predicted molar refractivity (Wildman–Crippen MR) is 86.5 cm³/mol. The van der Waals surface area contributed by atoms with Gasteiger partial charge in [-0.15, -0.1) is 0 Å². The summed E-state index contributed by atoms with van der Waals surface area (Å²) in [5.41, 5.74) is 1.45. The quantitative estimate of drug-likeness (QED) is 0.660. The number of hydrogen-bond acceptors (Lipinski definition) is 2. The van der Waals surface area contributed by atoms with Gasteiger partial charge in [-0.1, -0.05) is 12.1 Å². The molecule has 0 unspecified atom stereocenters. The van der Waals surface area contributed by atoms with Crippen molar-refractivity contribution in [2.45, 2.75) is 0 Å². The molecule has 0 radical (unpaired) electrons. The van der Waals surface area contributed by atoms with E-state index in [-0.39, 0.29) is 18.9 Å². The number of piperidine rings is 1. The molecular weight excluding hydrogens is 334 g/mol. The van der Waals surface area contributed by atoms with Crippen LogP contribution >= 0.6 is 0 Å². The van der Waals surface area contributed by atoms with Crippen LogP contribution in [0.4, 0.5) is 17.6 Å². The monoisotopic (exact) mass is 347 g/mol. The summed E-state index contributed by atoms with van der Waals surface area (Å²) in [6, 6.07) is 6.71. The largest absolute Gasteiger partial charge is 0.308 e. The molecule has 2 aromatic carbocycles. The van der Waals surface area contributed by atoms with Gasteiger partial charge in [-0.25, -0.2) is 17.6 Å². The molecule has 1 saturated heterocycles. The Labute approximate surface area is 141 Å². The van der Waals surface area contributed by atoms with Crippen LogP contribution in [0.5, 0.6) is 0 Å². The van der Waals surface area contributed by atoms with Crippen molar-refractivity contribution in [1.82, 2.24) is 5.32 Å². The average molecular weight is 347 g/mol. The molecule has 0 aliphatic carbocycles. The molecule has 1 aliphatic heterocycles. The van der Waals surface area contributed by atoms with Crippen LogP contribution < -0.4 is 5.32 Å². The fourth-order valence-electron chi connectivity index (χ4n) is 2.54. The van der Waals surface area contributed by atoms with Crippen LogP contribution in [0.25, 0.3) is 12.2 Å². The van der Waals surface area contributed by atoms with Crippen LogP contribution in [0.2, 0.25) is 0 Å². The zero-order valence-corrected chi connectivity index (χ0v) is 13.0. The Morgan fingerprint density at radius 2 is 1.16 bits per heavy atom. The number of rotatable bonds is 2. The van der Waals surface area contributed by atoms with Gasteiger partial charge in [0.2, 0.25) is 0 Å². The van der Waals surface area contributed by atoms with Gasteiger partial charge in [0.15, 0.2) is 29.1 Å². The van der Waals surface area contributed by atoms with E-state index in [0.717, 1.165) is 24.3 Å². The molecule has 1 heterocycles. The Bertz CT molecular complexity index is 831. The Hall–Kier alpha value is -2.73. The first-order valence-electron chi connectivity index (χ1n) is 7.51. The van der Waals surface area contributed by atoms with Gasteiger partial charge < -0.3 is 5.32 Å². The van der Waals surface area contributed by atoms with Crippen molar-refractivity contribution in [1.29, 1.82) is 0 Å². The maximum atomic E-state index is 13.3. The number of hydrogen-bond donors (Lipinski definition) is 1. The van der Waals surface area contributed by atoms with Crippen molar-refractivity contribution in [3.8, 4) is 0 Å². The van der Waals surface area contributed by atoms with Gasteiger partial charge in [-0.3, -0.25) is 4.79 Å². The number of carbonyl (C=O) groups is 1. The molecule has 2 aromatic rings. The summed E-state index contributed by atoms with van der Waals surface area (Å²) in [7, 11) is 0. The van der Waals surface area contributed by atoms with E-state index in [0.29, 0.717) is 22.3 Å². The summed E-state index contributed by atoms with van der Waals surface area (Å²) in [6.07, 6.45) is 2.94. The maximum Gasteiger partial charge on any atom is 0.187 e. The van der Waals surface area contributed by atoms with E-state index in [1.54, 1.807) is 0 Å². The molecule has 0 spiro atoms. The third kappa shape index (κ3) is 3.85. The summed E-state index contributed by atoms with van der Waals surface area (Å²) in [5.74, 6) is -4.21. The van der Waals surface area contributed by atoms with Crippen molar-refractivity contribution in [2.24, 2.45) is 0 Å². The minimum absolute atomic E-state index is 0.271. The lowest BCUT2D eigenvalue weighted by Crippen LogP contribution is -2.32. The normalized spacial score (nSPS) is 18.2. The van der Waals surface area contributed by atoms with Crippen molar-refractivity contribution in [3.05, 3.63) is 81.9 Å². The topological polar surface area (TPSA) is 29.1 Å². The Kier molecular flexibility index (Phi) is 4.81. The van der Waals surface area contributed by atoms with E-state index < -0.39 is 23.3 Å².